The fraction of sp³-hybridized carbons (Fsp3) is 1.00. The summed E-state index contributed by atoms with van der Waals surface area (Å²) in [5.41, 5.74) is 5.97. The smallest absolute Gasteiger partial charge is 0.00924 e. The van der Waals surface area contributed by atoms with Gasteiger partial charge < -0.3 is 10.6 Å². The Hall–Kier alpha value is -0.0800. The first-order chi connectivity index (χ1) is 7.67. The average Bonchev–Trinajstić information content (AvgIpc) is 2.35. The Balaban J connectivity index is 2.20. The zero-order valence-electron chi connectivity index (χ0n) is 11.4. The van der Waals surface area contributed by atoms with Gasteiger partial charge in [-0.1, -0.05) is 20.3 Å². The van der Waals surface area contributed by atoms with Crippen LogP contribution in [0, 0.1) is 5.92 Å². The SMILES string of the molecule is CCC(N)CCN(C)C1CCC(CC)CC1. The Morgan fingerprint density at radius 1 is 1.19 bits per heavy atom. The molecule has 2 N–H and O–H groups in total. The summed E-state index contributed by atoms with van der Waals surface area (Å²) in [6.45, 7) is 5.68. The third kappa shape index (κ3) is 4.42. The second kappa shape index (κ2) is 7.29. The molecular weight excluding hydrogens is 196 g/mol. The minimum Gasteiger partial charge on any atom is -0.328 e. The zero-order valence-corrected chi connectivity index (χ0v) is 11.4. The largest absolute Gasteiger partial charge is 0.328 e. The number of rotatable bonds is 6. The Kier molecular flexibility index (Phi) is 6.37. The van der Waals surface area contributed by atoms with Crippen LogP contribution in [0.15, 0.2) is 0 Å². The lowest BCUT2D eigenvalue weighted by atomic mass is 9.84. The predicted molar refractivity (Wildman–Crippen MR) is 71.6 cm³/mol. The molecule has 0 amide bonds. The minimum absolute atomic E-state index is 0.398. The van der Waals surface area contributed by atoms with E-state index in [9.17, 15) is 0 Å². The predicted octanol–water partition coefficient (Wildman–Crippen LogP) is 3.01. The van der Waals surface area contributed by atoms with Crippen LogP contribution >= 0.6 is 0 Å². The Morgan fingerprint density at radius 3 is 2.31 bits per heavy atom. The molecule has 0 aromatic carbocycles. The van der Waals surface area contributed by atoms with Crippen LogP contribution in [0.5, 0.6) is 0 Å². The van der Waals surface area contributed by atoms with Crippen LogP contribution in [0.3, 0.4) is 0 Å². The molecule has 1 atom stereocenters. The lowest BCUT2D eigenvalue weighted by molar-refractivity contribution is 0.159. The van der Waals surface area contributed by atoms with Crippen LogP contribution in [0.4, 0.5) is 0 Å². The summed E-state index contributed by atoms with van der Waals surface area (Å²) in [4.78, 5) is 2.54. The third-order valence-corrected chi connectivity index (χ3v) is 4.39. The van der Waals surface area contributed by atoms with Gasteiger partial charge in [-0.3, -0.25) is 0 Å². The van der Waals surface area contributed by atoms with Crippen molar-refractivity contribution in [1.82, 2.24) is 4.90 Å². The van der Waals surface area contributed by atoms with Gasteiger partial charge in [0.05, 0.1) is 0 Å². The molecule has 2 heteroatoms. The van der Waals surface area contributed by atoms with Crippen molar-refractivity contribution >= 4 is 0 Å². The molecule has 0 aliphatic heterocycles. The van der Waals surface area contributed by atoms with Crippen molar-refractivity contribution in [3.05, 3.63) is 0 Å². The minimum atomic E-state index is 0.398. The molecule has 2 nitrogen and oxygen atoms in total. The molecule has 0 radical (unpaired) electrons. The first-order valence-electron chi connectivity index (χ1n) is 7.13. The van der Waals surface area contributed by atoms with Crippen LogP contribution in [0.25, 0.3) is 0 Å². The van der Waals surface area contributed by atoms with Crippen LogP contribution in [0.2, 0.25) is 0 Å². The van der Waals surface area contributed by atoms with Gasteiger partial charge in [-0.2, -0.15) is 0 Å². The quantitative estimate of drug-likeness (QED) is 0.754. The van der Waals surface area contributed by atoms with Crippen molar-refractivity contribution in [3.8, 4) is 0 Å². The Morgan fingerprint density at radius 2 is 1.81 bits per heavy atom. The van der Waals surface area contributed by atoms with Crippen molar-refractivity contribution < 1.29 is 0 Å². The Labute approximate surface area is 102 Å². The van der Waals surface area contributed by atoms with E-state index in [4.69, 9.17) is 5.73 Å². The molecule has 1 saturated carbocycles. The lowest BCUT2D eigenvalue weighted by Crippen LogP contribution is -2.37. The highest BCUT2D eigenvalue weighted by molar-refractivity contribution is 4.78. The van der Waals surface area contributed by atoms with E-state index in [1.165, 1.54) is 38.6 Å². The molecule has 0 aromatic rings. The standard InChI is InChI=1S/C14H30N2/c1-4-12-6-8-14(9-7-12)16(3)11-10-13(15)5-2/h12-14H,4-11,15H2,1-3H3. The summed E-state index contributed by atoms with van der Waals surface area (Å²) >= 11 is 0. The highest BCUT2D eigenvalue weighted by Gasteiger charge is 2.22. The molecular formula is C14H30N2. The molecule has 16 heavy (non-hydrogen) atoms. The van der Waals surface area contributed by atoms with E-state index in [0.29, 0.717) is 6.04 Å². The summed E-state index contributed by atoms with van der Waals surface area (Å²) in [5.74, 6) is 1.00. The summed E-state index contributed by atoms with van der Waals surface area (Å²) in [6, 6.07) is 1.22. The van der Waals surface area contributed by atoms with Gasteiger partial charge in [0, 0.05) is 12.1 Å². The van der Waals surface area contributed by atoms with Crippen LogP contribution in [0.1, 0.15) is 58.8 Å². The number of hydrogen-bond donors (Lipinski definition) is 1. The van der Waals surface area contributed by atoms with Gasteiger partial charge in [0.25, 0.3) is 0 Å². The van der Waals surface area contributed by atoms with Gasteiger partial charge in [-0.25, -0.2) is 0 Å². The molecule has 1 fully saturated rings. The van der Waals surface area contributed by atoms with E-state index in [0.717, 1.165) is 24.8 Å². The second-order valence-electron chi connectivity index (χ2n) is 5.52. The molecule has 1 aliphatic carbocycles. The van der Waals surface area contributed by atoms with E-state index in [2.05, 4.69) is 25.8 Å². The van der Waals surface area contributed by atoms with E-state index < -0.39 is 0 Å². The maximum atomic E-state index is 5.97. The molecule has 1 unspecified atom stereocenters. The molecule has 0 spiro atoms. The lowest BCUT2D eigenvalue weighted by Gasteiger charge is -2.34. The van der Waals surface area contributed by atoms with Crippen molar-refractivity contribution in [3.63, 3.8) is 0 Å². The monoisotopic (exact) mass is 226 g/mol. The molecule has 0 saturated heterocycles. The van der Waals surface area contributed by atoms with Gasteiger partial charge in [0.2, 0.25) is 0 Å². The summed E-state index contributed by atoms with van der Waals surface area (Å²) < 4.78 is 0. The fourth-order valence-corrected chi connectivity index (χ4v) is 2.75. The second-order valence-corrected chi connectivity index (χ2v) is 5.52. The molecule has 0 bridgehead atoms. The molecule has 0 aromatic heterocycles. The number of nitrogens with two attached hydrogens (primary N) is 1. The van der Waals surface area contributed by atoms with Gasteiger partial charge in [-0.15, -0.1) is 0 Å². The van der Waals surface area contributed by atoms with Gasteiger partial charge in [0.15, 0.2) is 0 Å². The van der Waals surface area contributed by atoms with Crippen LogP contribution < -0.4 is 5.73 Å². The normalized spacial score (nSPS) is 28.3. The summed E-state index contributed by atoms with van der Waals surface area (Å²) in [7, 11) is 2.28. The van der Waals surface area contributed by atoms with Gasteiger partial charge >= 0.3 is 0 Å². The van der Waals surface area contributed by atoms with Gasteiger partial charge in [0.1, 0.15) is 0 Å². The summed E-state index contributed by atoms with van der Waals surface area (Å²) in [5, 5.41) is 0. The number of hydrogen-bond acceptors (Lipinski definition) is 2. The molecule has 1 rings (SSSR count). The maximum absolute atomic E-state index is 5.97. The van der Waals surface area contributed by atoms with E-state index in [1.54, 1.807) is 0 Å². The average molecular weight is 226 g/mol. The highest BCUT2D eigenvalue weighted by Crippen LogP contribution is 2.28. The van der Waals surface area contributed by atoms with Crippen molar-refractivity contribution in [2.75, 3.05) is 13.6 Å². The fourth-order valence-electron chi connectivity index (χ4n) is 2.75. The summed E-state index contributed by atoms with van der Waals surface area (Å²) in [6.07, 6.45) is 9.30. The molecule has 96 valence electrons. The maximum Gasteiger partial charge on any atom is 0.00924 e. The first-order valence-corrected chi connectivity index (χ1v) is 7.13. The highest BCUT2D eigenvalue weighted by atomic mass is 15.1. The van der Waals surface area contributed by atoms with Crippen molar-refractivity contribution in [2.24, 2.45) is 11.7 Å². The van der Waals surface area contributed by atoms with Crippen LogP contribution in [-0.2, 0) is 0 Å². The van der Waals surface area contributed by atoms with Gasteiger partial charge in [-0.05, 0) is 58.0 Å². The Bertz CT molecular complexity index is 174. The first kappa shape index (κ1) is 14.0. The molecule has 1 aliphatic rings. The van der Waals surface area contributed by atoms with Crippen molar-refractivity contribution in [1.29, 1.82) is 0 Å². The topological polar surface area (TPSA) is 29.3 Å². The molecule has 0 heterocycles. The number of nitrogens with zero attached hydrogens (tertiary/aromatic N) is 1. The van der Waals surface area contributed by atoms with Crippen LogP contribution in [-0.4, -0.2) is 30.6 Å². The van der Waals surface area contributed by atoms with E-state index in [1.807, 2.05) is 0 Å². The third-order valence-electron chi connectivity index (χ3n) is 4.39. The zero-order chi connectivity index (χ0) is 12.0. The van der Waals surface area contributed by atoms with E-state index >= 15 is 0 Å². The van der Waals surface area contributed by atoms with Crippen molar-refractivity contribution in [2.45, 2.75) is 70.9 Å². The van der Waals surface area contributed by atoms with E-state index in [-0.39, 0.29) is 0 Å².